The average Bonchev–Trinajstić information content (AvgIpc) is 2.03. The highest BCUT2D eigenvalue weighted by atomic mass is 16.6. The first kappa shape index (κ1) is 9.81. The van der Waals surface area contributed by atoms with Crippen LogP contribution in [0.5, 0.6) is 0 Å². The molecule has 2 nitrogen and oxygen atoms in total. The molecule has 0 saturated carbocycles. The topological polar surface area (TPSA) is 18.5 Å². The van der Waals surface area contributed by atoms with Crippen LogP contribution in [0.2, 0.25) is 5.82 Å². The summed E-state index contributed by atoms with van der Waals surface area (Å²) in [7, 11) is -0.0875. The van der Waals surface area contributed by atoms with E-state index in [0.717, 1.165) is 13.2 Å². The lowest BCUT2D eigenvalue weighted by molar-refractivity contribution is 0.0263. The maximum atomic E-state index is 5.55. The summed E-state index contributed by atoms with van der Waals surface area (Å²) in [6.07, 6.45) is 1.86. The molecule has 1 saturated heterocycles. The van der Waals surface area contributed by atoms with Crippen molar-refractivity contribution in [3.63, 3.8) is 0 Å². The fraction of sp³-hybridized carbons (Fsp3) is 0.778. The summed E-state index contributed by atoms with van der Waals surface area (Å²) in [6.45, 7) is 11.6. The van der Waals surface area contributed by atoms with Gasteiger partial charge in [-0.05, 0) is 0 Å². The van der Waals surface area contributed by atoms with Gasteiger partial charge in [0.1, 0.15) is 0 Å². The molecule has 0 aromatic carbocycles. The van der Waals surface area contributed by atoms with Gasteiger partial charge in [0.25, 0.3) is 0 Å². The summed E-state index contributed by atoms with van der Waals surface area (Å²) >= 11 is 0. The average molecular weight is 168 g/mol. The first-order valence-electron chi connectivity index (χ1n) is 4.41. The van der Waals surface area contributed by atoms with Crippen LogP contribution in [0, 0.1) is 5.41 Å². The summed E-state index contributed by atoms with van der Waals surface area (Å²) in [6, 6.07) is 0. The standard InChI is InChI=1S/C9H17BO2/c1-5-8(2)10-11-6-9(3,4)7-12-10/h5,8H,1,6-7H2,2-4H3. The Morgan fingerprint density at radius 3 is 2.33 bits per heavy atom. The van der Waals surface area contributed by atoms with Crippen LogP contribution in [0.25, 0.3) is 0 Å². The molecule has 0 aliphatic carbocycles. The van der Waals surface area contributed by atoms with E-state index < -0.39 is 0 Å². The van der Waals surface area contributed by atoms with Gasteiger partial charge in [0, 0.05) is 24.4 Å². The Hall–Kier alpha value is -0.275. The number of allylic oxidation sites excluding steroid dienone is 1. The van der Waals surface area contributed by atoms with Gasteiger partial charge in [-0.15, -0.1) is 6.58 Å². The van der Waals surface area contributed by atoms with Crippen molar-refractivity contribution in [1.82, 2.24) is 0 Å². The molecule has 1 unspecified atom stereocenters. The molecule has 68 valence electrons. The van der Waals surface area contributed by atoms with E-state index in [2.05, 4.69) is 27.4 Å². The Labute approximate surface area is 75.1 Å². The van der Waals surface area contributed by atoms with Gasteiger partial charge in [-0.25, -0.2) is 0 Å². The molecule has 1 heterocycles. The van der Waals surface area contributed by atoms with Crippen LogP contribution in [0.4, 0.5) is 0 Å². The third-order valence-electron chi connectivity index (χ3n) is 2.08. The molecule has 1 fully saturated rings. The molecule has 1 atom stereocenters. The first-order valence-corrected chi connectivity index (χ1v) is 4.41. The fourth-order valence-electron chi connectivity index (χ4n) is 1.12. The maximum Gasteiger partial charge on any atom is 0.463 e. The van der Waals surface area contributed by atoms with E-state index in [1.54, 1.807) is 0 Å². The number of rotatable bonds is 2. The first-order chi connectivity index (χ1) is 5.55. The van der Waals surface area contributed by atoms with E-state index >= 15 is 0 Å². The zero-order chi connectivity index (χ0) is 9.19. The molecule has 12 heavy (non-hydrogen) atoms. The van der Waals surface area contributed by atoms with Gasteiger partial charge < -0.3 is 9.31 Å². The summed E-state index contributed by atoms with van der Waals surface area (Å²) in [5.74, 6) is 0.279. The van der Waals surface area contributed by atoms with E-state index in [4.69, 9.17) is 9.31 Å². The predicted molar refractivity (Wildman–Crippen MR) is 51.1 cm³/mol. The Morgan fingerprint density at radius 2 is 1.92 bits per heavy atom. The zero-order valence-electron chi connectivity index (χ0n) is 8.17. The summed E-state index contributed by atoms with van der Waals surface area (Å²) in [4.78, 5) is 0. The SMILES string of the molecule is C=CC(C)B1OCC(C)(C)CO1. The van der Waals surface area contributed by atoms with Crippen LogP contribution in [0.3, 0.4) is 0 Å². The van der Waals surface area contributed by atoms with Gasteiger partial charge in [0.05, 0.1) is 0 Å². The van der Waals surface area contributed by atoms with Crippen LogP contribution in [0.1, 0.15) is 20.8 Å². The second-order valence-corrected chi connectivity index (χ2v) is 4.25. The van der Waals surface area contributed by atoms with E-state index in [-0.39, 0.29) is 18.4 Å². The summed E-state index contributed by atoms with van der Waals surface area (Å²) in [5.41, 5.74) is 0.164. The van der Waals surface area contributed by atoms with Gasteiger partial charge in [-0.3, -0.25) is 0 Å². The molecule has 0 spiro atoms. The molecule has 1 rings (SSSR count). The molecular formula is C9H17BO2. The molecule has 0 bridgehead atoms. The molecule has 0 aromatic heterocycles. The number of hydrogen-bond acceptors (Lipinski definition) is 2. The minimum absolute atomic E-state index is 0.0875. The quantitative estimate of drug-likeness (QED) is 0.464. The molecule has 0 radical (unpaired) electrons. The van der Waals surface area contributed by atoms with E-state index in [0.29, 0.717) is 0 Å². The highest BCUT2D eigenvalue weighted by Gasteiger charge is 2.34. The smallest absolute Gasteiger partial charge is 0.410 e. The lowest BCUT2D eigenvalue weighted by Gasteiger charge is -2.34. The maximum absolute atomic E-state index is 5.55. The molecule has 0 amide bonds. The van der Waals surface area contributed by atoms with Crippen molar-refractivity contribution in [2.45, 2.75) is 26.6 Å². The monoisotopic (exact) mass is 168 g/mol. The Balaban J connectivity index is 2.40. The van der Waals surface area contributed by atoms with Gasteiger partial charge in [-0.1, -0.05) is 26.8 Å². The minimum atomic E-state index is -0.0875. The van der Waals surface area contributed by atoms with E-state index in [1.165, 1.54) is 0 Å². The van der Waals surface area contributed by atoms with Crippen molar-refractivity contribution in [3.05, 3.63) is 12.7 Å². The van der Waals surface area contributed by atoms with Gasteiger partial charge in [0.15, 0.2) is 0 Å². The van der Waals surface area contributed by atoms with Crippen LogP contribution in [-0.4, -0.2) is 20.3 Å². The molecule has 1 aliphatic heterocycles. The van der Waals surface area contributed by atoms with Crippen molar-refractivity contribution >= 4 is 7.12 Å². The molecule has 0 aromatic rings. The Kier molecular flexibility index (Phi) is 2.96. The molecule has 3 heteroatoms. The largest absolute Gasteiger partial charge is 0.463 e. The summed E-state index contributed by atoms with van der Waals surface area (Å²) in [5, 5.41) is 0. The van der Waals surface area contributed by atoms with Crippen LogP contribution in [-0.2, 0) is 9.31 Å². The summed E-state index contributed by atoms with van der Waals surface area (Å²) < 4.78 is 11.1. The minimum Gasteiger partial charge on any atom is -0.410 e. The fourth-order valence-corrected chi connectivity index (χ4v) is 1.12. The second kappa shape index (κ2) is 3.63. The van der Waals surface area contributed by atoms with Crippen molar-refractivity contribution in [2.75, 3.05) is 13.2 Å². The van der Waals surface area contributed by atoms with E-state index in [1.807, 2.05) is 6.08 Å². The lowest BCUT2D eigenvalue weighted by atomic mass is 9.71. The molecule has 0 N–H and O–H groups in total. The van der Waals surface area contributed by atoms with Crippen molar-refractivity contribution < 1.29 is 9.31 Å². The van der Waals surface area contributed by atoms with Gasteiger partial charge in [-0.2, -0.15) is 0 Å². The Bertz CT molecular complexity index is 158. The Morgan fingerprint density at radius 1 is 1.42 bits per heavy atom. The van der Waals surface area contributed by atoms with Crippen molar-refractivity contribution in [2.24, 2.45) is 5.41 Å². The van der Waals surface area contributed by atoms with Crippen molar-refractivity contribution in [3.8, 4) is 0 Å². The molecule has 1 aliphatic rings. The van der Waals surface area contributed by atoms with E-state index in [9.17, 15) is 0 Å². The highest BCUT2D eigenvalue weighted by Crippen LogP contribution is 2.25. The van der Waals surface area contributed by atoms with Crippen molar-refractivity contribution in [1.29, 1.82) is 0 Å². The molecular weight excluding hydrogens is 151 g/mol. The lowest BCUT2D eigenvalue weighted by Crippen LogP contribution is -2.42. The van der Waals surface area contributed by atoms with Crippen LogP contribution >= 0.6 is 0 Å². The normalized spacial score (nSPS) is 25.1. The third kappa shape index (κ3) is 2.36. The second-order valence-electron chi connectivity index (χ2n) is 4.25. The van der Waals surface area contributed by atoms with Crippen LogP contribution in [0.15, 0.2) is 12.7 Å². The third-order valence-corrected chi connectivity index (χ3v) is 2.08. The highest BCUT2D eigenvalue weighted by molar-refractivity contribution is 6.47. The van der Waals surface area contributed by atoms with Gasteiger partial charge >= 0.3 is 7.12 Å². The zero-order valence-corrected chi connectivity index (χ0v) is 8.17. The van der Waals surface area contributed by atoms with Crippen LogP contribution < -0.4 is 0 Å². The predicted octanol–water partition coefficient (Wildman–Crippen LogP) is 2.12. The number of hydrogen-bond donors (Lipinski definition) is 0. The van der Waals surface area contributed by atoms with Gasteiger partial charge in [0.2, 0.25) is 0 Å².